The largest absolute Gasteiger partial charge is 0.492 e. The highest BCUT2D eigenvalue weighted by Gasteiger charge is 2.12. The molecule has 28 heavy (non-hydrogen) atoms. The van der Waals surface area contributed by atoms with Gasteiger partial charge in [0.1, 0.15) is 5.75 Å². The third kappa shape index (κ3) is 5.98. The van der Waals surface area contributed by atoms with E-state index in [0.29, 0.717) is 22.9 Å². The maximum absolute atomic E-state index is 12.6. The number of piperidine rings is 1. The van der Waals surface area contributed by atoms with E-state index < -0.39 is 0 Å². The first-order chi connectivity index (χ1) is 13.7. The Labute approximate surface area is 172 Å². The quantitative estimate of drug-likeness (QED) is 0.573. The van der Waals surface area contributed by atoms with E-state index in [1.807, 2.05) is 12.1 Å². The molecule has 1 amide bonds. The van der Waals surface area contributed by atoms with Crippen LogP contribution in [-0.2, 0) is 6.54 Å². The molecule has 0 spiro atoms. The predicted octanol–water partition coefficient (Wildman–Crippen LogP) is 5.76. The number of carbonyl (C=O) groups is 1. The second kappa shape index (κ2) is 10.5. The minimum absolute atomic E-state index is 0.166. The number of hydrogen-bond acceptors (Lipinski definition) is 3. The van der Waals surface area contributed by atoms with Gasteiger partial charge in [0.05, 0.1) is 11.6 Å². The lowest BCUT2D eigenvalue weighted by Gasteiger charge is -2.26. The number of likely N-dealkylation sites (tertiary alicyclic amines) is 1. The summed E-state index contributed by atoms with van der Waals surface area (Å²) in [6, 6.07) is 13.2. The summed E-state index contributed by atoms with van der Waals surface area (Å²) in [4.78, 5) is 15.1. The number of nitrogens with zero attached hydrogens (tertiary/aromatic N) is 1. The molecular weight excluding hydrogens is 372 g/mol. The van der Waals surface area contributed by atoms with E-state index in [0.717, 1.165) is 25.1 Å². The zero-order valence-electron chi connectivity index (χ0n) is 16.5. The van der Waals surface area contributed by atoms with Gasteiger partial charge in [-0.2, -0.15) is 0 Å². The van der Waals surface area contributed by atoms with Crippen LogP contribution in [0, 0.1) is 0 Å². The van der Waals surface area contributed by atoms with Crippen molar-refractivity contribution in [1.29, 1.82) is 0 Å². The Morgan fingerprint density at radius 3 is 2.57 bits per heavy atom. The minimum Gasteiger partial charge on any atom is -0.492 e. The Balaban J connectivity index is 1.58. The van der Waals surface area contributed by atoms with Crippen molar-refractivity contribution in [1.82, 2.24) is 4.90 Å². The maximum atomic E-state index is 12.6. The van der Waals surface area contributed by atoms with Crippen molar-refractivity contribution < 1.29 is 9.53 Å². The lowest BCUT2D eigenvalue weighted by atomic mass is 10.1. The summed E-state index contributed by atoms with van der Waals surface area (Å²) in [6.07, 6.45) is 5.93. The number of halogens is 1. The van der Waals surface area contributed by atoms with Crippen LogP contribution < -0.4 is 10.1 Å². The van der Waals surface area contributed by atoms with Crippen molar-refractivity contribution in [3.05, 3.63) is 58.6 Å². The number of rotatable bonds is 8. The number of ether oxygens (including phenoxy) is 1. The molecule has 0 saturated carbocycles. The second-order valence-electron chi connectivity index (χ2n) is 7.34. The molecule has 3 rings (SSSR count). The average molecular weight is 401 g/mol. The highest BCUT2D eigenvalue weighted by molar-refractivity contribution is 6.32. The van der Waals surface area contributed by atoms with Crippen LogP contribution in [0.3, 0.4) is 0 Å². The molecule has 1 aliphatic rings. The van der Waals surface area contributed by atoms with Crippen LogP contribution in [0.5, 0.6) is 5.75 Å². The van der Waals surface area contributed by atoms with Crippen molar-refractivity contribution in [2.45, 2.75) is 45.6 Å². The smallest absolute Gasteiger partial charge is 0.255 e. The standard InChI is InChI=1S/C23H29ClN2O2/c1-2-3-15-28-22-16-19(9-12-21(22)24)23(27)25-20-10-7-18(8-11-20)17-26-13-5-4-6-14-26/h7-12,16H,2-6,13-15,17H2,1H3,(H,25,27). The first-order valence-electron chi connectivity index (χ1n) is 10.2. The van der Waals surface area contributed by atoms with Crippen LogP contribution in [-0.4, -0.2) is 30.5 Å². The van der Waals surface area contributed by atoms with Gasteiger partial charge in [0.15, 0.2) is 0 Å². The van der Waals surface area contributed by atoms with Gasteiger partial charge in [-0.3, -0.25) is 9.69 Å². The van der Waals surface area contributed by atoms with Crippen LogP contribution in [0.25, 0.3) is 0 Å². The lowest BCUT2D eigenvalue weighted by Crippen LogP contribution is -2.29. The van der Waals surface area contributed by atoms with Crippen molar-refractivity contribution >= 4 is 23.2 Å². The summed E-state index contributed by atoms with van der Waals surface area (Å²) in [7, 11) is 0. The molecule has 2 aromatic rings. The fraction of sp³-hybridized carbons (Fsp3) is 0.435. The molecule has 0 bridgehead atoms. The molecule has 1 N–H and O–H groups in total. The molecule has 5 heteroatoms. The van der Waals surface area contributed by atoms with Gasteiger partial charge < -0.3 is 10.1 Å². The number of benzene rings is 2. The van der Waals surface area contributed by atoms with Crippen LogP contribution in [0.2, 0.25) is 5.02 Å². The third-order valence-corrected chi connectivity index (χ3v) is 5.33. The Morgan fingerprint density at radius 2 is 1.86 bits per heavy atom. The van der Waals surface area contributed by atoms with Gasteiger partial charge in [0, 0.05) is 17.8 Å². The molecule has 1 aliphatic heterocycles. The molecule has 0 aliphatic carbocycles. The maximum Gasteiger partial charge on any atom is 0.255 e. The summed E-state index contributed by atoms with van der Waals surface area (Å²) >= 11 is 6.18. The summed E-state index contributed by atoms with van der Waals surface area (Å²) in [6.45, 7) is 6.03. The molecule has 0 aromatic heterocycles. The van der Waals surface area contributed by atoms with E-state index in [1.54, 1.807) is 18.2 Å². The Hall–Kier alpha value is -2.04. The molecule has 1 saturated heterocycles. The van der Waals surface area contributed by atoms with E-state index in [-0.39, 0.29) is 5.91 Å². The van der Waals surface area contributed by atoms with Gasteiger partial charge in [0.2, 0.25) is 0 Å². The zero-order chi connectivity index (χ0) is 19.8. The van der Waals surface area contributed by atoms with Crippen LogP contribution >= 0.6 is 11.6 Å². The van der Waals surface area contributed by atoms with Crippen molar-refractivity contribution in [2.75, 3.05) is 25.0 Å². The van der Waals surface area contributed by atoms with E-state index in [9.17, 15) is 4.79 Å². The van der Waals surface area contributed by atoms with E-state index >= 15 is 0 Å². The summed E-state index contributed by atoms with van der Waals surface area (Å²) in [5.74, 6) is 0.389. The molecular formula is C23H29ClN2O2. The SMILES string of the molecule is CCCCOc1cc(C(=O)Nc2ccc(CN3CCCCC3)cc2)ccc1Cl. The topological polar surface area (TPSA) is 41.6 Å². The average Bonchev–Trinajstić information content (AvgIpc) is 2.72. The number of amides is 1. The van der Waals surface area contributed by atoms with Crippen molar-refractivity contribution in [2.24, 2.45) is 0 Å². The van der Waals surface area contributed by atoms with Crippen LogP contribution in [0.15, 0.2) is 42.5 Å². The molecule has 4 nitrogen and oxygen atoms in total. The zero-order valence-corrected chi connectivity index (χ0v) is 17.3. The number of carbonyl (C=O) groups excluding carboxylic acids is 1. The molecule has 1 fully saturated rings. The number of unbranched alkanes of at least 4 members (excludes halogenated alkanes) is 1. The van der Waals surface area contributed by atoms with Gasteiger partial charge in [-0.1, -0.05) is 43.5 Å². The number of nitrogens with one attached hydrogen (secondary N) is 1. The molecule has 0 radical (unpaired) electrons. The van der Waals surface area contributed by atoms with Gasteiger partial charge in [-0.05, 0) is 68.2 Å². The molecule has 2 aromatic carbocycles. The van der Waals surface area contributed by atoms with Crippen LogP contribution in [0.4, 0.5) is 5.69 Å². The number of hydrogen-bond donors (Lipinski definition) is 1. The molecule has 0 atom stereocenters. The van der Waals surface area contributed by atoms with Gasteiger partial charge in [-0.25, -0.2) is 0 Å². The Kier molecular flexibility index (Phi) is 7.75. The normalized spacial score (nSPS) is 14.6. The van der Waals surface area contributed by atoms with Gasteiger partial charge in [0.25, 0.3) is 5.91 Å². The van der Waals surface area contributed by atoms with E-state index in [4.69, 9.17) is 16.3 Å². The predicted molar refractivity (Wildman–Crippen MR) is 115 cm³/mol. The highest BCUT2D eigenvalue weighted by atomic mass is 35.5. The first-order valence-corrected chi connectivity index (χ1v) is 10.6. The van der Waals surface area contributed by atoms with E-state index in [1.165, 1.54) is 37.9 Å². The highest BCUT2D eigenvalue weighted by Crippen LogP contribution is 2.26. The van der Waals surface area contributed by atoms with E-state index in [2.05, 4.69) is 29.3 Å². The fourth-order valence-corrected chi connectivity index (χ4v) is 3.53. The first kappa shape index (κ1) is 20.7. The lowest BCUT2D eigenvalue weighted by molar-refractivity contribution is 0.102. The summed E-state index contributed by atoms with van der Waals surface area (Å²) in [5.41, 5.74) is 2.60. The third-order valence-electron chi connectivity index (χ3n) is 5.02. The monoisotopic (exact) mass is 400 g/mol. The van der Waals surface area contributed by atoms with Crippen molar-refractivity contribution in [3.8, 4) is 5.75 Å². The number of anilines is 1. The van der Waals surface area contributed by atoms with Gasteiger partial charge >= 0.3 is 0 Å². The Morgan fingerprint density at radius 1 is 1.11 bits per heavy atom. The Bertz CT molecular complexity index is 771. The van der Waals surface area contributed by atoms with Crippen LogP contribution in [0.1, 0.15) is 54.9 Å². The van der Waals surface area contributed by atoms with Crippen molar-refractivity contribution in [3.63, 3.8) is 0 Å². The summed E-state index contributed by atoms with van der Waals surface area (Å²) in [5, 5.41) is 3.47. The minimum atomic E-state index is -0.166. The summed E-state index contributed by atoms with van der Waals surface area (Å²) < 4.78 is 5.69. The molecule has 0 unspecified atom stereocenters. The van der Waals surface area contributed by atoms with Gasteiger partial charge in [-0.15, -0.1) is 0 Å². The second-order valence-corrected chi connectivity index (χ2v) is 7.74. The molecule has 1 heterocycles. The fourth-order valence-electron chi connectivity index (χ4n) is 3.35. The molecule has 150 valence electrons.